The van der Waals surface area contributed by atoms with Gasteiger partial charge in [-0.25, -0.2) is 15.0 Å². The molecule has 0 aromatic heterocycles. The smallest absolute Gasteiger partial charge is 0.301 e. The fraction of sp³-hybridized carbons (Fsp3) is 0.667. The number of hydrazine groups is 1. The first-order chi connectivity index (χ1) is 18.5. The molecule has 2 rings (SSSR count). The Morgan fingerprint density at radius 1 is 1.13 bits per heavy atom. The van der Waals surface area contributed by atoms with E-state index in [1.807, 2.05) is 11.1 Å². The Morgan fingerprint density at radius 3 is 2.38 bits per heavy atom. The van der Waals surface area contributed by atoms with Gasteiger partial charge in [0.15, 0.2) is 0 Å². The maximum absolute atomic E-state index is 13.4. The molecular weight excluding hydrogens is 525 g/mol. The van der Waals surface area contributed by atoms with E-state index >= 15 is 0 Å². The fourth-order valence-corrected chi connectivity index (χ4v) is 5.21. The number of halogens is 4. The number of hydrogen-bond acceptors (Lipinski definition) is 4. The summed E-state index contributed by atoms with van der Waals surface area (Å²) >= 11 is 5.83. The van der Waals surface area contributed by atoms with Crippen molar-refractivity contribution in [1.29, 1.82) is 0 Å². The summed E-state index contributed by atoms with van der Waals surface area (Å²) in [5.74, 6) is 1.50. The van der Waals surface area contributed by atoms with Crippen molar-refractivity contribution in [2.75, 3.05) is 32.7 Å². The average molecular weight is 571 g/mol. The number of amidine groups is 1. The number of hydrogen-bond donors (Lipinski definition) is 0. The van der Waals surface area contributed by atoms with Crippen LogP contribution in [0.5, 0.6) is 0 Å². The van der Waals surface area contributed by atoms with Crippen LogP contribution in [0.3, 0.4) is 0 Å². The minimum absolute atomic E-state index is 0.0283. The normalized spacial score (nSPS) is 20.4. The van der Waals surface area contributed by atoms with E-state index in [0.717, 1.165) is 56.9 Å². The topological polar surface area (TPSA) is 39.2 Å². The zero-order valence-corrected chi connectivity index (χ0v) is 24.8. The van der Waals surface area contributed by atoms with Gasteiger partial charge in [-0.05, 0) is 63.1 Å². The molecule has 39 heavy (non-hydrogen) atoms. The molecule has 0 aromatic rings. The highest BCUT2D eigenvalue weighted by atomic mass is 35.5. The summed E-state index contributed by atoms with van der Waals surface area (Å²) in [6, 6.07) is 0. The van der Waals surface area contributed by atoms with E-state index in [4.69, 9.17) is 16.6 Å². The predicted octanol–water partition coefficient (Wildman–Crippen LogP) is 7.87. The van der Waals surface area contributed by atoms with Crippen LogP contribution in [0.1, 0.15) is 79.1 Å². The van der Waals surface area contributed by atoms with Crippen LogP contribution in [-0.2, 0) is 4.79 Å². The van der Waals surface area contributed by atoms with Gasteiger partial charge in [0.2, 0.25) is 5.91 Å². The Balaban J connectivity index is 1.99. The highest BCUT2D eigenvalue weighted by Gasteiger charge is 2.36. The third kappa shape index (κ3) is 11.2. The number of aliphatic imine (C=N–C) groups is 1. The van der Waals surface area contributed by atoms with Crippen LogP contribution in [-0.4, -0.2) is 65.6 Å². The molecule has 0 saturated carbocycles. The van der Waals surface area contributed by atoms with Gasteiger partial charge in [-0.15, -0.1) is 0 Å². The molecule has 1 atom stereocenters. The molecule has 0 aromatic carbocycles. The van der Waals surface area contributed by atoms with Crippen molar-refractivity contribution in [3.63, 3.8) is 0 Å². The third-order valence-corrected chi connectivity index (χ3v) is 7.22. The van der Waals surface area contributed by atoms with E-state index in [9.17, 15) is 18.0 Å². The van der Waals surface area contributed by atoms with Crippen LogP contribution < -0.4 is 0 Å². The monoisotopic (exact) mass is 570 g/mol. The first-order valence-electron chi connectivity index (χ1n) is 14.3. The number of allylic oxidation sites excluding steroid dienone is 6. The molecule has 0 unspecified atom stereocenters. The van der Waals surface area contributed by atoms with Gasteiger partial charge in [-0.1, -0.05) is 64.4 Å². The number of carbonyl (C=O) groups excluding carboxylic acids is 1. The van der Waals surface area contributed by atoms with Gasteiger partial charge in [-0.3, -0.25) is 4.79 Å². The quantitative estimate of drug-likeness (QED) is 0.121. The van der Waals surface area contributed by atoms with E-state index in [-0.39, 0.29) is 24.7 Å². The summed E-state index contributed by atoms with van der Waals surface area (Å²) < 4.78 is 39.2. The molecule has 0 N–H and O–H groups in total. The third-order valence-electron chi connectivity index (χ3n) is 7.09. The maximum atomic E-state index is 13.4. The molecule has 5 nitrogen and oxygen atoms in total. The number of unbranched alkanes of at least 4 members (excludes halogenated alkanes) is 2. The second kappa shape index (κ2) is 16.4. The lowest BCUT2D eigenvalue weighted by atomic mass is 9.92. The predicted molar refractivity (Wildman–Crippen MR) is 155 cm³/mol. The number of alkyl halides is 3. The molecule has 1 amide bonds. The highest BCUT2D eigenvalue weighted by Crippen LogP contribution is 2.30. The lowest BCUT2D eigenvalue weighted by molar-refractivity contribution is -0.142. The van der Waals surface area contributed by atoms with E-state index in [0.29, 0.717) is 36.9 Å². The minimum atomic E-state index is -4.22. The second-order valence-corrected chi connectivity index (χ2v) is 11.3. The zero-order valence-electron chi connectivity index (χ0n) is 24.1. The SMILES string of the molecule is C=C(Cl)/C=C\C=C1/CC(=O)N(N2CCN(CCCCC/C(=C\CC)C(F)(F)F)CC2)C([C@H](CC)CC(C)C)=N1. The van der Waals surface area contributed by atoms with Crippen LogP contribution in [0.4, 0.5) is 13.2 Å². The van der Waals surface area contributed by atoms with Gasteiger partial charge in [0, 0.05) is 42.7 Å². The molecule has 0 bridgehead atoms. The van der Waals surface area contributed by atoms with E-state index < -0.39 is 11.7 Å². The van der Waals surface area contributed by atoms with E-state index in [2.05, 4.69) is 37.3 Å². The van der Waals surface area contributed by atoms with Gasteiger partial charge in [0.1, 0.15) is 5.84 Å². The standard InChI is InChI=1S/C30H46ClF3N4O/c1-6-12-26(30(32,33)34)14-9-8-10-16-36-17-19-37(20-18-36)38-28(39)22-27(15-11-13-24(5)31)35-29(38)25(7-2)21-23(3)4/h11-13,15,23,25H,5-10,14,16-22H2,1-4H3/b13-11-,26-12+,27-15+/t25-/m1/s1. The number of rotatable bonds is 14. The number of carbonyl (C=O) groups is 1. The van der Waals surface area contributed by atoms with E-state index in [1.165, 1.54) is 6.08 Å². The molecule has 2 aliphatic heterocycles. The van der Waals surface area contributed by atoms with Crippen molar-refractivity contribution in [2.24, 2.45) is 16.8 Å². The second-order valence-electron chi connectivity index (χ2n) is 10.8. The van der Waals surface area contributed by atoms with Crippen LogP contribution in [0.15, 0.2) is 52.2 Å². The summed E-state index contributed by atoms with van der Waals surface area (Å²) in [4.78, 5) is 20.7. The van der Waals surface area contributed by atoms with Crippen LogP contribution in [0.25, 0.3) is 0 Å². The molecule has 2 heterocycles. The van der Waals surface area contributed by atoms with Gasteiger partial charge >= 0.3 is 6.18 Å². The summed E-state index contributed by atoms with van der Waals surface area (Å²) in [5.41, 5.74) is 0.326. The summed E-state index contributed by atoms with van der Waals surface area (Å²) in [6.07, 6.45) is 7.12. The molecule has 0 spiro atoms. The molecule has 0 radical (unpaired) electrons. The summed E-state index contributed by atoms with van der Waals surface area (Å²) in [5, 5.41) is 4.37. The van der Waals surface area contributed by atoms with Crippen molar-refractivity contribution < 1.29 is 18.0 Å². The Labute approximate surface area is 238 Å². The minimum Gasteiger partial charge on any atom is -0.301 e. The van der Waals surface area contributed by atoms with Crippen molar-refractivity contribution in [3.05, 3.63) is 47.2 Å². The van der Waals surface area contributed by atoms with Gasteiger partial charge in [0.25, 0.3) is 0 Å². The van der Waals surface area contributed by atoms with Crippen LogP contribution >= 0.6 is 11.6 Å². The molecule has 220 valence electrons. The lowest BCUT2D eigenvalue weighted by Gasteiger charge is -2.44. The van der Waals surface area contributed by atoms with Crippen molar-refractivity contribution >= 4 is 23.3 Å². The van der Waals surface area contributed by atoms with Crippen molar-refractivity contribution in [2.45, 2.75) is 85.2 Å². The van der Waals surface area contributed by atoms with Gasteiger partial charge < -0.3 is 4.90 Å². The largest absolute Gasteiger partial charge is 0.412 e. The Bertz CT molecular complexity index is 931. The van der Waals surface area contributed by atoms with Crippen LogP contribution in [0, 0.1) is 11.8 Å². The highest BCUT2D eigenvalue weighted by molar-refractivity contribution is 6.30. The Hall–Kier alpha value is -1.90. The molecule has 9 heteroatoms. The van der Waals surface area contributed by atoms with E-state index in [1.54, 1.807) is 19.1 Å². The lowest BCUT2D eigenvalue weighted by Crippen LogP contribution is -2.59. The molecular formula is C30H46ClF3N4O. The molecule has 2 aliphatic rings. The number of nitrogens with zero attached hydrogens (tertiary/aromatic N) is 4. The summed E-state index contributed by atoms with van der Waals surface area (Å²) in [6.45, 7) is 15.8. The first kappa shape index (κ1) is 33.3. The summed E-state index contributed by atoms with van der Waals surface area (Å²) in [7, 11) is 0. The zero-order chi connectivity index (χ0) is 29.0. The number of piperazine rings is 1. The van der Waals surface area contributed by atoms with Gasteiger partial charge in [-0.2, -0.15) is 13.2 Å². The Kier molecular flexibility index (Phi) is 14.0. The fourth-order valence-electron chi connectivity index (χ4n) is 5.14. The Morgan fingerprint density at radius 2 is 1.82 bits per heavy atom. The number of amides is 1. The van der Waals surface area contributed by atoms with Crippen molar-refractivity contribution in [1.82, 2.24) is 14.9 Å². The van der Waals surface area contributed by atoms with Gasteiger partial charge in [0.05, 0.1) is 12.1 Å². The van der Waals surface area contributed by atoms with Crippen LogP contribution in [0.2, 0.25) is 0 Å². The molecule has 0 aliphatic carbocycles. The maximum Gasteiger partial charge on any atom is 0.412 e. The average Bonchev–Trinajstić information content (AvgIpc) is 2.85. The molecule has 1 fully saturated rings. The first-order valence-corrected chi connectivity index (χ1v) is 14.7. The van der Waals surface area contributed by atoms with Crippen molar-refractivity contribution in [3.8, 4) is 0 Å². The molecule has 1 saturated heterocycles.